The lowest BCUT2D eigenvalue weighted by Gasteiger charge is -2.16. The molecule has 0 spiro atoms. The SMILES string of the molecule is CNC(C)Cc1noc(C2CCN(c3ccc(F)c(F)c3)C2=O)n1. The number of benzene rings is 1. The van der Waals surface area contributed by atoms with E-state index in [1.54, 1.807) is 0 Å². The standard InChI is InChI=1S/C16H18F2N4O2/c1-9(19-2)7-14-20-15(24-21-14)11-5-6-22(16(11)23)10-3-4-12(17)13(18)8-10/h3-4,8-9,11,19H,5-7H2,1-2H3. The monoisotopic (exact) mass is 336 g/mol. The normalized spacial score (nSPS) is 19.1. The van der Waals surface area contributed by atoms with Gasteiger partial charge in [-0.15, -0.1) is 0 Å². The Kier molecular flexibility index (Phi) is 4.57. The van der Waals surface area contributed by atoms with Crippen molar-refractivity contribution in [1.82, 2.24) is 15.5 Å². The first-order chi connectivity index (χ1) is 11.5. The van der Waals surface area contributed by atoms with Gasteiger partial charge < -0.3 is 14.7 Å². The van der Waals surface area contributed by atoms with Gasteiger partial charge in [0.2, 0.25) is 11.8 Å². The summed E-state index contributed by atoms with van der Waals surface area (Å²) in [5, 5.41) is 6.98. The Bertz CT molecular complexity index is 749. The second kappa shape index (κ2) is 6.64. The van der Waals surface area contributed by atoms with Crippen molar-refractivity contribution in [2.24, 2.45) is 0 Å². The second-order valence-corrected chi connectivity index (χ2v) is 5.87. The summed E-state index contributed by atoms with van der Waals surface area (Å²) >= 11 is 0. The predicted octanol–water partition coefficient (Wildman–Crippen LogP) is 2.02. The summed E-state index contributed by atoms with van der Waals surface area (Å²) in [5.74, 6) is -1.93. The molecule has 1 aromatic carbocycles. The number of rotatable bonds is 5. The molecule has 1 aromatic heterocycles. The Morgan fingerprint density at radius 2 is 2.21 bits per heavy atom. The highest BCUT2D eigenvalue weighted by Crippen LogP contribution is 2.32. The number of hydrogen-bond acceptors (Lipinski definition) is 5. The highest BCUT2D eigenvalue weighted by Gasteiger charge is 2.37. The van der Waals surface area contributed by atoms with Crippen molar-refractivity contribution >= 4 is 11.6 Å². The van der Waals surface area contributed by atoms with Crippen molar-refractivity contribution in [2.45, 2.75) is 31.7 Å². The van der Waals surface area contributed by atoms with Gasteiger partial charge in [-0.05, 0) is 32.5 Å². The molecular formula is C16H18F2N4O2. The molecule has 1 aliphatic rings. The van der Waals surface area contributed by atoms with Gasteiger partial charge in [0.15, 0.2) is 17.5 Å². The maximum Gasteiger partial charge on any atom is 0.239 e. The van der Waals surface area contributed by atoms with Crippen LogP contribution in [0.4, 0.5) is 14.5 Å². The van der Waals surface area contributed by atoms with E-state index in [9.17, 15) is 13.6 Å². The molecule has 128 valence electrons. The summed E-state index contributed by atoms with van der Waals surface area (Å²) in [6.45, 7) is 2.38. The van der Waals surface area contributed by atoms with Crippen LogP contribution >= 0.6 is 0 Å². The molecule has 1 saturated heterocycles. The number of hydrogen-bond donors (Lipinski definition) is 1. The number of aromatic nitrogens is 2. The van der Waals surface area contributed by atoms with E-state index in [0.29, 0.717) is 30.9 Å². The molecule has 2 atom stereocenters. The molecule has 1 aliphatic heterocycles. The lowest BCUT2D eigenvalue weighted by atomic mass is 10.1. The third-order valence-corrected chi connectivity index (χ3v) is 4.18. The Balaban J connectivity index is 1.75. The summed E-state index contributed by atoms with van der Waals surface area (Å²) in [5.41, 5.74) is 0.324. The van der Waals surface area contributed by atoms with Gasteiger partial charge in [0.05, 0.1) is 0 Å². The molecule has 24 heavy (non-hydrogen) atoms. The minimum Gasteiger partial charge on any atom is -0.338 e. The van der Waals surface area contributed by atoms with Crippen LogP contribution in [0.5, 0.6) is 0 Å². The average molecular weight is 336 g/mol. The van der Waals surface area contributed by atoms with Gasteiger partial charge in [0.1, 0.15) is 5.92 Å². The van der Waals surface area contributed by atoms with Gasteiger partial charge in [-0.2, -0.15) is 4.98 Å². The number of anilines is 1. The molecule has 2 aromatic rings. The van der Waals surface area contributed by atoms with Crippen LogP contribution in [-0.2, 0) is 11.2 Å². The second-order valence-electron chi connectivity index (χ2n) is 5.87. The quantitative estimate of drug-likeness (QED) is 0.904. The lowest BCUT2D eigenvalue weighted by Crippen LogP contribution is -2.26. The van der Waals surface area contributed by atoms with E-state index in [0.717, 1.165) is 12.1 Å². The smallest absolute Gasteiger partial charge is 0.239 e. The minimum absolute atomic E-state index is 0.188. The fraction of sp³-hybridized carbons (Fsp3) is 0.438. The molecule has 3 rings (SSSR count). The molecule has 0 aliphatic carbocycles. The Morgan fingerprint density at radius 3 is 2.92 bits per heavy atom. The third-order valence-electron chi connectivity index (χ3n) is 4.18. The van der Waals surface area contributed by atoms with Crippen molar-refractivity contribution < 1.29 is 18.1 Å². The lowest BCUT2D eigenvalue weighted by molar-refractivity contribution is -0.118. The largest absolute Gasteiger partial charge is 0.338 e. The number of carbonyl (C=O) groups excluding carboxylic acids is 1. The van der Waals surface area contributed by atoms with Crippen LogP contribution in [0, 0.1) is 11.6 Å². The van der Waals surface area contributed by atoms with Gasteiger partial charge in [-0.1, -0.05) is 5.16 Å². The van der Waals surface area contributed by atoms with Crippen molar-refractivity contribution in [2.75, 3.05) is 18.5 Å². The van der Waals surface area contributed by atoms with Gasteiger partial charge in [-0.3, -0.25) is 4.79 Å². The summed E-state index contributed by atoms with van der Waals surface area (Å²) in [6, 6.07) is 3.60. The van der Waals surface area contributed by atoms with Crippen molar-refractivity contribution in [1.29, 1.82) is 0 Å². The number of amides is 1. The maximum atomic E-state index is 13.4. The molecule has 1 amide bonds. The van der Waals surface area contributed by atoms with Crippen molar-refractivity contribution in [3.05, 3.63) is 41.5 Å². The van der Waals surface area contributed by atoms with Crippen LogP contribution in [0.2, 0.25) is 0 Å². The van der Waals surface area contributed by atoms with Crippen LogP contribution in [-0.4, -0.2) is 35.7 Å². The number of carbonyl (C=O) groups is 1. The fourth-order valence-electron chi connectivity index (χ4n) is 2.69. The zero-order chi connectivity index (χ0) is 17.3. The van der Waals surface area contributed by atoms with Crippen molar-refractivity contribution in [3.8, 4) is 0 Å². The number of nitrogens with zero attached hydrogens (tertiary/aromatic N) is 3. The molecule has 6 nitrogen and oxygen atoms in total. The van der Waals surface area contributed by atoms with E-state index in [-0.39, 0.29) is 17.8 Å². The van der Waals surface area contributed by atoms with Crippen LogP contribution < -0.4 is 10.2 Å². The first kappa shape index (κ1) is 16.5. The zero-order valence-corrected chi connectivity index (χ0v) is 13.4. The summed E-state index contributed by atoms with van der Waals surface area (Å²) < 4.78 is 31.6. The van der Waals surface area contributed by atoms with E-state index in [1.165, 1.54) is 11.0 Å². The van der Waals surface area contributed by atoms with Gasteiger partial charge >= 0.3 is 0 Å². The van der Waals surface area contributed by atoms with Crippen LogP contribution in [0.1, 0.15) is 31.0 Å². The van der Waals surface area contributed by atoms with E-state index in [1.807, 2.05) is 14.0 Å². The molecule has 2 heterocycles. The molecule has 8 heteroatoms. The fourth-order valence-corrected chi connectivity index (χ4v) is 2.69. The Hall–Kier alpha value is -2.35. The maximum absolute atomic E-state index is 13.4. The molecule has 0 saturated carbocycles. The summed E-state index contributed by atoms with van der Waals surface area (Å²) in [4.78, 5) is 18.3. The number of nitrogens with one attached hydrogen (secondary N) is 1. The highest BCUT2D eigenvalue weighted by atomic mass is 19.2. The van der Waals surface area contributed by atoms with Crippen LogP contribution in [0.25, 0.3) is 0 Å². The van der Waals surface area contributed by atoms with Gasteiger partial charge in [0.25, 0.3) is 0 Å². The number of likely N-dealkylation sites (N-methyl/N-ethyl adjacent to an activating group) is 1. The van der Waals surface area contributed by atoms with E-state index in [4.69, 9.17) is 4.52 Å². The Morgan fingerprint density at radius 1 is 1.42 bits per heavy atom. The third kappa shape index (κ3) is 3.14. The van der Waals surface area contributed by atoms with Gasteiger partial charge in [0, 0.05) is 30.8 Å². The first-order valence-electron chi connectivity index (χ1n) is 7.75. The van der Waals surface area contributed by atoms with Crippen LogP contribution in [0.15, 0.2) is 22.7 Å². The highest BCUT2D eigenvalue weighted by molar-refractivity contribution is 5.99. The average Bonchev–Trinajstić information content (AvgIpc) is 3.16. The van der Waals surface area contributed by atoms with E-state index in [2.05, 4.69) is 15.5 Å². The first-order valence-corrected chi connectivity index (χ1v) is 7.75. The Labute approximate surface area is 137 Å². The summed E-state index contributed by atoms with van der Waals surface area (Å²) in [7, 11) is 1.84. The zero-order valence-electron chi connectivity index (χ0n) is 13.4. The molecular weight excluding hydrogens is 318 g/mol. The predicted molar refractivity (Wildman–Crippen MR) is 82.6 cm³/mol. The molecule has 1 N–H and O–H groups in total. The van der Waals surface area contributed by atoms with Crippen LogP contribution in [0.3, 0.4) is 0 Å². The van der Waals surface area contributed by atoms with Gasteiger partial charge in [-0.25, -0.2) is 8.78 Å². The van der Waals surface area contributed by atoms with Crippen molar-refractivity contribution in [3.63, 3.8) is 0 Å². The summed E-state index contributed by atoms with van der Waals surface area (Å²) in [6.07, 6.45) is 1.08. The molecule has 1 fully saturated rings. The number of halogens is 2. The van der Waals surface area contributed by atoms with E-state index >= 15 is 0 Å². The molecule has 0 radical (unpaired) electrons. The minimum atomic E-state index is -0.982. The van der Waals surface area contributed by atoms with E-state index < -0.39 is 17.6 Å². The molecule has 2 unspecified atom stereocenters. The topological polar surface area (TPSA) is 71.3 Å². The molecule has 0 bridgehead atoms.